The molecule has 0 amide bonds. The van der Waals surface area contributed by atoms with Crippen molar-refractivity contribution in [1.29, 1.82) is 0 Å². The normalized spacial score (nSPS) is 25.7. The monoisotopic (exact) mass is 255 g/mol. The third-order valence-corrected chi connectivity index (χ3v) is 4.23. The van der Waals surface area contributed by atoms with E-state index in [2.05, 4.69) is 31.0 Å². The number of hydrogen-bond donors (Lipinski definition) is 1. The zero-order valence-corrected chi connectivity index (χ0v) is 9.84. The predicted molar refractivity (Wildman–Crippen MR) is 59.4 cm³/mol. The summed E-state index contributed by atoms with van der Waals surface area (Å²) < 4.78 is 3.25. The van der Waals surface area contributed by atoms with Gasteiger partial charge in [0.1, 0.15) is 5.82 Å². The summed E-state index contributed by atoms with van der Waals surface area (Å²) in [5.41, 5.74) is 1.09. The number of aromatic nitrogens is 2. The first-order valence-electron chi connectivity index (χ1n) is 5.22. The van der Waals surface area contributed by atoms with Crippen LogP contribution >= 0.6 is 15.9 Å². The maximum absolute atomic E-state index is 4.52. The first-order chi connectivity index (χ1) is 6.75. The highest BCUT2D eigenvalue weighted by atomic mass is 79.9. The fraction of sp³-hybridized carbons (Fsp3) is 0.700. The molecule has 1 atom stereocenters. The molecule has 2 aliphatic rings. The van der Waals surface area contributed by atoms with E-state index in [-0.39, 0.29) is 0 Å². The molecule has 4 heteroatoms. The van der Waals surface area contributed by atoms with Crippen molar-refractivity contribution in [3.8, 4) is 0 Å². The summed E-state index contributed by atoms with van der Waals surface area (Å²) >= 11 is 3.56. The molecular formula is C10H14BrN3. The Bertz CT molecular complexity index is 368. The number of nitrogens with one attached hydrogen (secondary N) is 1. The smallest absolute Gasteiger partial charge is 0.138 e. The second kappa shape index (κ2) is 2.99. The summed E-state index contributed by atoms with van der Waals surface area (Å²) in [6, 6.07) is 0. The van der Waals surface area contributed by atoms with E-state index in [4.69, 9.17) is 0 Å². The Morgan fingerprint density at radius 1 is 1.43 bits per heavy atom. The van der Waals surface area contributed by atoms with Crippen molar-refractivity contribution in [2.45, 2.75) is 26.3 Å². The molecule has 1 saturated carbocycles. The van der Waals surface area contributed by atoms with Crippen LogP contribution in [0.2, 0.25) is 0 Å². The van der Waals surface area contributed by atoms with Gasteiger partial charge < -0.3 is 5.32 Å². The van der Waals surface area contributed by atoms with Crippen LogP contribution in [0.15, 0.2) is 4.47 Å². The van der Waals surface area contributed by atoms with Gasteiger partial charge in [0.25, 0.3) is 0 Å². The van der Waals surface area contributed by atoms with Gasteiger partial charge in [0, 0.05) is 13.1 Å². The molecule has 0 aromatic carbocycles. The van der Waals surface area contributed by atoms with Crippen LogP contribution in [0, 0.1) is 18.8 Å². The van der Waals surface area contributed by atoms with Crippen LogP contribution in [0.5, 0.6) is 0 Å². The first kappa shape index (κ1) is 8.77. The highest BCUT2D eigenvalue weighted by molar-refractivity contribution is 9.10. The fourth-order valence-electron chi connectivity index (χ4n) is 2.26. The molecule has 14 heavy (non-hydrogen) atoms. The van der Waals surface area contributed by atoms with Crippen molar-refractivity contribution in [2.75, 3.05) is 11.9 Å². The SMILES string of the molecule is Cc1nn2c(c1Br)NCC(C1CC1)C2. The third-order valence-electron chi connectivity index (χ3n) is 3.28. The molecule has 1 aliphatic heterocycles. The molecule has 76 valence electrons. The summed E-state index contributed by atoms with van der Waals surface area (Å²) in [6.45, 7) is 4.26. The minimum atomic E-state index is 0.800. The minimum Gasteiger partial charge on any atom is -0.369 e. The van der Waals surface area contributed by atoms with Crippen LogP contribution in [0.25, 0.3) is 0 Å². The highest BCUT2D eigenvalue weighted by Crippen LogP contribution is 2.40. The molecule has 1 unspecified atom stereocenters. The van der Waals surface area contributed by atoms with Crippen molar-refractivity contribution < 1.29 is 0 Å². The highest BCUT2D eigenvalue weighted by Gasteiger charge is 2.34. The lowest BCUT2D eigenvalue weighted by Gasteiger charge is -2.24. The summed E-state index contributed by atoms with van der Waals surface area (Å²) in [5.74, 6) is 2.92. The number of hydrogen-bond acceptors (Lipinski definition) is 2. The molecule has 0 radical (unpaired) electrons. The molecule has 3 nitrogen and oxygen atoms in total. The van der Waals surface area contributed by atoms with Gasteiger partial charge in [-0.1, -0.05) is 0 Å². The lowest BCUT2D eigenvalue weighted by Crippen LogP contribution is -2.29. The number of fused-ring (bicyclic) bond motifs is 1. The van der Waals surface area contributed by atoms with E-state index in [1.807, 2.05) is 6.92 Å². The molecule has 1 aromatic rings. The van der Waals surface area contributed by atoms with Crippen molar-refractivity contribution in [1.82, 2.24) is 9.78 Å². The molecule has 1 aliphatic carbocycles. The molecule has 1 aromatic heterocycles. The van der Waals surface area contributed by atoms with Crippen molar-refractivity contribution in [2.24, 2.45) is 11.8 Å². The number of halogens is 1. The molecular weight excluding hydrogens is 242 g/mol. The Morgan fingerprint density at radius 2 is 2.21 bits per heavy atom. The Kier molecular flexibility index (Phi) is 1.87. The third kappa shape index (κ3) is 1.28. The molecule has 1 N–H and O–H groups in total. The van der Waals surface area contributed by atoms with E-state index in [0.717, 1.165) is 35.1 Å². The van der Waals surface area contributed by atoms with Gasteiger partial charge in [-0.05, 0) is 47.5 Å². The molecule has 3 rings (SSSR count). The summed E-state index contributed by atoms with van der Waals surface area (Å²) in [5, 5.41) is 8.00. The van der Waals surface area contributed by atoms with Crippen LogP contribution < -0.4 is 5.32 Å². The van der Waals surface area contributed by atoms with Gasteiger partial charge in [0.2, 0.25) is 0 Å². The van der Waals surface area contributed by atoms with Crippen LogP contribution in [0.3, 0.4) is 0 Å². The van der Waals surface area contributed by atoms with Crippen LogP contribution in [0.4, 0.5) is 5.82 Å². The maximum atomic E-state index is 4.52. The zero-order chi connectivity index (χ0) is 9.71. The summed E-state index contributed by atoms with van der Waals surface area (Å²) in [7, 11) is 0. The lowest BCUT2D eigenvalue weighted by atomic mass is 10.0. The molecule has 0 bridgehead atoms. The Hall–Kier alpha value is -0.510. The van der Waals surface area contributed by atoms with E-state index < -0.39 is 0 Å². The largest absolute Gasteiger partial charge is 0.369 e. The zero-order valence-electron chi connectivity index (χ0n) is 8.26. The molecule has 2 heterocycles. The number of nitrogens with zero attached hydrogens (tertiary/aromatic N) is 2. The van der Waals surface area contributed by atoms with E-state index in [1.54, 1.807) is 0 Å². The van der Waals surface area contributed by atoms with Crippen molar-refractivity contribution in [3.05, 3.63) is 10.2 Å². The number of aryl methyl sites for hydroxylation is 1. The quantitative estimate of drug-likeness (QED) is 0.836. The average Bonchev–Trinajstić information content (AvgIpc) is 2.96. The van der Waals surface area contributed by atoms with Gasteiger partial charge in [-0.25, -0.2) is 4.68 Å². The fourth-order valence-corrected chi connectivity index (χ4v) is 2.68. The Morgan fingerprint density at radius 3 is 2.93 bits per heavy atom. The average molecular weight is 256 g/mol. The Balaban J connectivity index is 1.90. The summed E-state index contributed by atoms with van der Waals surface area (Å²) in [6.07, 6.45) is 2.84. The lowest BCUT2D eigenvalue weighted by molar-refractivity contribution is 0.373. The van der Waals surface area contributed by atoms with Crippen LogP contribution in [-0.2, 0) is 6.54 Å². The van der Waals surface area contributed by atoms with Gasteiger partial charge in [-0.3, -0.25) is 0 Å². The van der Waals surface area contributed by atoms with Crippen LogP contribution in [-0.4, -0.2) is 16.3 Å². The molecule has 0 spiro atoms. The second-order valence-electron chi connectivity index (χ2n) is 4.41. The van der Waals surface area contributed by atoms with E-state index in [0.29, 0.717) is 0 Å². The van der Waals surface area contributed by atoms with Gasteiger partial charge in [0.15, 0.2) is 0 Å². The number of rotatable bonds is 1. The van der Waals surface area contributed by atoms with E-state index in [9.17, 15) is 0 Å². The Labute approximate surface area is 92.0 Å². The maximum Gasteiger partial charge on any atom is 0.138 e. The summed E-state index contributed by atoms with van der Waals surface area (Å²) in [4.78, 5) is 0. The standard InChI is InChI=1S/C10H14BrN3/c1-6-9(11)10-12-4-8(7-2-3-7)5-14(10)13-6/h7-8,12H,2-5H2,1H3. The first-order valence-corrected chi connectivity index (χ1v) is 6.02. The minimum absolute atomic E-state index is 0.800. The van der Waals surface area contributed by atoms with E-state index in [1.165, 1.54) is 18.7 Å². The van der Waals surface area contributed by atoms with Gasteiger partial charge >= 0.3 is 0 Å². The number of anilines is 1. The van der Waals surface area contributed by atoms with E-state index >= 15 is 0 Å². The predicted octanol–water partition coefficient (Wildman–Crippen LogP) is 2.41. The van der Waals surface area contributed by atoms with Crippen molar-refractivity contribution >= 4 is 21.7 Å². The molecule has 0 saturated heterocycles. The topological polar surface area (TPSA) is 29.9 Å². The second-order valence-corrected chi connectivity index (χ2v) is 5.20. The van der Waals surface area contributed by atoms with Gasteiger partial charge in [0.05, 0.1) is 10.2 Å². The molecule has 1 fully saturated rings. The van der Waals surface area contributed by atoms with Gasteiger partial charge in [-0.15, -0.1) is 0 Å². The van der Waals surface area contributed by atoms with Gasteiger partial charge in [-0.2, -0.15) is 5.10 Å². The van der Waals surface area contributed by atoms with Crippen LogP contribution in [0.1, 0.15) is 18.5 Å². The van der Waals surface area contributed by atoms with Crippen molar-refractivity contribution in [3.63, 3.8) is 0 Å².